The van der Waals surface area contributed by atoms with Crippen molar-refractivity contribution >= 4 is 11.4 Å². The number of hydrogen-bond acceptors (Lipinski definition) is 5. The fourth-order valence-electron chi connectivity index (χ4n) is 2.35. The van der Waals surface area contributed by atoms with Crippen molar-refractivity contribution in [1.29, 1.82) is 5.26 Å². The molecule has 1 aromatic rings. The summed E-state index contributed by atoms with van der Waals surface area (Å²) in [5.41, 5.74) is 0.938. The first-order valence-electron chi connectivity index (χ1n) is 6.28. The predicted octanol–water partition coefficient (Wildman–Crippen LogP) is 2.02. The summed E-state index contributed by atoms with van der Waals surface area (Å²) in [6.07, 6.45) is 1.95. The minimum Gasteiger partial charge on any atom is -0.381 e. The van der Waals surface area contributed by atoms with Gasteiger partial charge in [-0.1, -0.05) is 0 Å². The number of non-ortho nitro benzene ring substituents is 1. The molecule has 6 heteroatoms. The number of nitrogens with one attached hydrogen (secondary N) is 2. The lowest BCUT2D eigenvalue weighted by molar-refractivity contribution is -0.384. The zero-order chi connectivity index (χ0) is 13.8. The van der Waals surface area contributed by atoms with E-state index in [0.717, 1.165) is 19.4 Å². The SMILES string of the molecule is CC1CC(Nc2ccc([N+](=O)[O-])cc2C#N)CCN1. The number of anilines is 1. The Morgan fingerprint density at radius 1 is 1.58 bits per heavy atom. The molecule has 6 nitrogen and oxygen atoms in total. The topological polar surface area (TPSA) is 91.0 Å². The van der Waals surface area contributed by atoms with Crippen molar-refractivity contribution in [3.05, 3.63) is 33.9 Å². The van der Waals surface area contributed by atoms with Crippen LogP contribution in [0.2, 0.25) is 0 Å². The molecule has 2 N–H and O–H groups in total. The Kier molecular flexibility index (Phi) is 3.97. The molecule has 0 spiro atoms. The average Bonchev–Trinajstić information content (AvgIpc) is 2.39. The third-order valence-electron chi connectivity index (χ3n) is 3.32. The van der Waals surface area contributed by atoms with E-state index in [0.29, 0.717) is 23.3 Å². The molecular weight excluding hydrogens is 244 g/mol. The van der Waals surface area contributed by atoms with Crippen LogP contribution in [-0.2, 0) is 0 Å². The standard InChI is InChI=1S/C13H16N4O2/c1-9-6-11(4-5-15-9)16-13-3-2-12(17(18)19)7-10(13)8-14/h2-3,7,9,11,15-16H,4-6H2,1H3. The monoisotopic (exact) mass is 260 g/mol. The van der Waals surface area contributed by atoms with Crippen molar-refractivity contribution < 1.29 is 4.92 Å². The van der Waals surface area contributed by atoms with Gasteiger partial charge in [-0.3, -0.25) is 10.1 Å². The Bertz CT molecular complexity index is 524. The Balaban J connectivity index is 2.16. The normalized spacial score (nSPS) is 22.5. The van der Waals surface area contributed by atoms with E-state index in [1.54, 1.807) is 6.07 Å². The highest BCUT2D eigenvalue weighted by Crippen LogP contribution is 2.24. The number of nitrogens with zero attached hydrogens (tertiary/aromatic N) is 2. The van der Waals surface area contributed by atoms with Crippen LogP contribution in [0.1, 0.15) is 25.3 Å². The van der Waals surface area contributed by atoms with Gasteiger partial charge >= 0.3 is 0 Å². The molecule has 1 aromatic carbocycles. The Morgan fingerprint density at radius 3 is 3.00 bits per heavy atom. The lowest BCUT2D eigenvalue weighted by Crippen LogP contribution is -2.41. The molecule has 0 aromatic heterocycles. The van der Waals surface area contributed by atoms with Crippen molar-refractivity contribution in [3.63, 3.8) is 0 Å². The predicted molar refractivity (Wildman–Crippen MR) is 71.9 cm³/mol. The van der Waals surface area contributed by atoms with Gasteiger partial charge < -0.3 is 10.6 Å². The smallest absolute Gasteiger partial charge is 0.270 e. The molecule has 0 amide bonds. The van der Waals surface area contributed by atoms with Crippen molar-refractivity contribution in [2.24, 2.45) is 0 Å². The van der Waals surface area contributed by atoms with Crippen LogP contribution in [0.5, 0.6) is 0 Å². The van der Waals surface area contributed by atoms with Gasteiger partial charge in [-0.2, -0.15) is 5.26 Å². The van der Waals surface area contributed by atoms with Gasteiger partial charge in [-0.05, 0) is 32.4 Å². The fraction of sp³-hybridized carbons (Fsp3) is 0.462. The maximum Gasteiger partial charge on any atom is 0.270 e. The summed E-state index contributed by atoms with van der Waals surface area (Å²) in [7, 11) is 0. The summed E-state index contributed by atoms with van der Waals surface area (Å²) in [4.78, 5) is 10.2. The van der Waals surface area contributed by atoms with Gasteiger partial charge in [-0.25, -0.2) is 0 Å². The van der Waals surface area contributed by atoms with Gasteiger partial charge in [0.25, 0.3) is 5.69 Å². The molecule has 19 heavy (non-hydrogen) atoms. The minimum absolute atomic E-state index is 0.0548. The van der Waals surface area contributed by atoms with Crippen molar-refractivity contribution in [2.45, 2.75) is 31.8 Å². The van der Waals surface area contributed by atoms with Gasteiger partial charge in [0.1, 0.15) is 6.07 Å². The van der Waals surface area contributed by atoms with E-state index < -0.39 is 4.92 Å². The van der Waals surface area contributed by atoms with Crippen LogP contribution < -0.4 is 10.6 Å². The molecule has 1 saturated heterocycles. The first kappa shape index (κ1) is 13.3. The zero-order valence-corrected chi connectivity index (χ0v) is 10.7. The van der Waals surface area contributed by atoms with Crippen molar-refractivity contribution in [2.75, 3.05) is 11.9 Å². The van der Waals surface area contributed by atoms with E-state index in [1.165, 1.54) is 12.1 Å². The minimum atomic E-state index is -0.489. The second kappa shape index (κ2) is 5.67. The lowest BCUT2D eigenvalue weighted by Gasteiger charge is -2.29. The zero-order valence-electron chi connectivity index (χ0n) is 10.7. The summed E-state index contributed by atoms with van der Waals surface area (Å²) >= 11 is 0. The van der Waals surface area contributed by atoms with Gasteiger partial charge in [0.05, 0.1) is 16.2 Å². The summed E-state index contributed by atoms with van der Waals surface area (Å²) in [6.45, 7) is 3.06. The van der Waals surface area contributed by atoms with E-state index in [9.17, 15) is 10.1 Å². The largest absolute Gasteiger partial charge is 0.381 e. The second-order valence-electron chi connectivity index (χ2n) is 4.82. The molecule has 1 heterocycles. The van der Waals surface area contributed by atoms with E-state index in [4.69, 9.17) is 5.26 Å². The maximum atomic E-state index is 10.7. The van der Waals surface area contributed by atoms with Crippen LogP contribution in [0.15, 0.2) is 18.2 Å². The second-order valence-corrected chi connectivity index (χ2v) is 4.82. The molecule has 0 aliphatic carbocycles. The molecule has 2 rings (SSSR count). The third kappa shape index (κ3) is 3.20. The Hall–Kier alpha value is -2.13. The van der Waals surface area contributed by atoms with Crippen LogP contribution in [-0.4, -0.2) is 23.6 Å². The summed E-state index contributed by atoms with van der Waals surface area (Å²) in [5, 5.41) is 26.4. The molecule has 1 aliphatic heterocycles. The third-order valence-corrected chi connectivity index (χ3v) is 3.32. The number of benzene rings is 1. The van der Waals surface area contributed by atoms with Crippen molar-refractivity contribution in [1.82, 2.24) is 5.32 Å². The highest BCUT2D eigenvalue weighted by molar-refractivity contribution is 5.61. The number of piperidine rings is 1. The van der Waals surface area contributed by atoms with E-state index >= 15 is 0 Å². The maximum absolute atomic E-state index is 10.7. The molecule has 0 saturated carbocycles. The average molecular weight is 260 g/mol. The molecule has 2 atom stereocenters. The quantitative estimate of drug-likeness (QED) is 0.641. The number of rotatable bonds is 3. The highest BCUT2D eigenvalue weighted by Gasteiger charge is 2.19. The van der Waals surface area contributed by atoms with Gasteiger partial charge in [0.15, 0.2) is 0 Å². The Labute approximate surface area is 111 Å². The van der Waals surface area contributed by atoms with Crippen LogP contribution in [0, 0.1) is 21.4 Å². The fourth-order valence-corrected chi connectivity index (χ4v) is 2.35. The van der Waals surface area contributed by atoms with Gasteiger partial charge in [0, 0.05) is 24.2 Å². The molecule has 2 unspecified atom stereocenters. The first-order valence-corrected chi connectivity index (χ1v) is 6.28. The van der Waals surface area contributed by atoms with Crippen LogP contribution >= 0.6 is 0 Å². The number of nitro benzene ring substituents is 1. The number of hydrogen-bond donors (Lipinski definition) is 2. The summed E-state index contributed by atoms with van der Waals surface area (Å²) in [5.74, 6) is 0. The van der Waals surface area contributed by atoms with Gasteiger partial charge in [-0.15, -0.1) is 0 Å². The first-order chi connectivity index (χ1) is 9.10. The molecule has 0 bridgehead atoms. The molecule has 1 fully saturated rings. The molecule has 0 radical (unpaired) electrons. The van der Waals surface area contributed by atoms with Crippen LogP contribution in [0.4, 0.5) is 11.4 Å². The Morgan fingerprint density at radius 2 is 2.37 bits per heavy atom. The summed E-state index contributed by atoms with van der Waals surface area (Å²) < 4.78 is 0. The van der Waals surface area contributed by atoms with Crippen LogP contribution in [0.25, 0.3) is 0 Å². The van der Waals surface area contributed by atoms with Crippen molar-refractivity contribution in [3.8, 4) is 6.07 Å². The lowest BCUT2D eigenvalue weighted by atomic mass is 10.00. The number of nitro groups is 1. The summed E-state index contributed by atoms with van der Waals surface area (Å²) in [6, 6.07) is 7.10. The van der Waals surface area contributed by atoms with Gasteiger partial charge in [0.2, 0.25) is 0 Å². The molecule has 1 aliphatic rings. The van der Waals surface area contributed by atoms with E-state index in [-0.39, 0.29) is 5.69 Å². The number of nitriles is 1. The molecule has 100 valence electrons. The van der Waals surface area contributed by atoms with Crippen LogP contribution in [0.3, 0.4) is 0 Å². The molecular formula is C13H16N4O2. The highest BCUT2D eigenvalue weighted by atomic mass is 16.6. The van der Waals surface area contributed by atoms with E-state index in [1.807, 2.05) is 6.07 Å². The van der Waals surface area contributed by atoms with E-state index in [2.05, 4.69) is 17.6 Å².